The largest absolute Gasteiger partial charge is 0.324 e. The van der Waals surface area contributed by atoms with Crippen molar-refractivity contribution in [2.75, 3.05) is 11.9 Å². The Hall–Kier alpha value is -3.36. The number of ketones is 1. The van der Waals surface area contributed by atoms with Crippen molar-refractivity contribution in [1.82, 2.24) is 4.90 Å². The van der Waals surface area contributed by atoms with Crippen molar-refractivity contribution in [2.24, 2.45) is 5.92 Å². The third-order valence-corrected chi connectivity index (χ3v) is 8.54. The zero-order chi connectivity index (χ0) is 25.2. The highest BCUT2D eigenvalue weighted by molar-refractivity contribution is 9.10. The van der Waals surface area contributed by atoms with E-state index in [1.807, 2.05) is 55.5 Å². The van der Waals surface area contributed by atoms with E-state index in [0.29, 0.717) is 17.8 Å². The smallest absolute Gasteiger partial charge is 0.269 e. The second kappa shape index (κ2) is 8.35. The van der Waals surface area contributed by atoms with Gasteiger partial charge in [0, 0.05) is 45.4 Å². The minimum Gasteiger partial charge on any atom is -0.324 e. The van der Waals surface area contributed by atoms with Crippen LogP contribution >= 0.6 is 15.9 Å². The van der Waals surface area contributed by atoms with Gasteiger partial charge in [-0.2, -0.15) is 0 Å². The van der Waals surface area contributed by atoms with Gasteiger partial charge in [0.1, 0.15) is 5.54 Å². The third kappa shape index (κ3) is 3.21. The number of hydrogen-bond donors (Lipinski definition) is 1. The number of benzene rings is 3. The van der Waals surface area contributed by atoms with Gasteiger partial charge in [-0.1, -0.05) is 57.9 Å². The Morgan fingerprint density at radius 2 is 1.92 bits per heavy atom. The summed E-state index contributed by atoms with van der Waals surface area (Å²) in [6.07, 6.45) is 1.70. The number of nitro benzene ring substituents is 1. The Bertz CT molecular complexity index is 1420. The summed E-state index contributed by atoms with van der Waals surface area (Å²) < 4.78 is 0.827. The molecule has 3 heterocycles. The van der Waals surface area contributed by atoms with E-state index in [1.165, 1.54) is 6.07 Å². The Labute approximate surface area is 216 Å². The van der Waals surface area contributed by atoms with Crippen molar-refractivity contribution < 1.29 is 14.5 Å². The van der Waals surface area contributed by atoms with Crippen LogP contribution in [0, 0.1) is 23.0 Å². The van der Waals surface area contributed by atoms with E-state index in [1.54, 1.807) is 12.1 Å². The average molecular weight is 546 g/mol. The number of amides is 1. The van der Waals surface area contributed by atoms with E-state index in [4.69, 9.17) is 0 Å². The number of fused-ring (bicyclic) bond motifs is 4. The number of anilines is 1. The van der Waals surface area contributed by atoms with Crippen LogP contribution in [0.2, 0.25) is 0 Å². The number of carbonyl (C=O) groups excluding carboxylic acids is 2. The van der Waals surface area contributed by atoms with E-state index in [-0.39, 0.29) is 29.3 Å². The van der Waals surface area contributed by atoms with Gasteiger partial charge in [0.15, 0.2) is 5.78 Å². The number of hydrogen-bond acceptors (Lipinski definition) is 5. The zero-order valence-electron chi connectivity index (χ0n) is 19.6. The molecular formula is C28H24BrN3O4. The molecule has 3 aliphatic heterocycles. The summed E-state index contributed by atoms with van der Waals surface area (Å²) in [6, 6.07) is 19.6. The summed E-state index contributed by atoms with van der Waals surface area (Å²) in [4.78, 5) is 41.9. The van der Waals surface area contributed by atoms with Crippen LogP contribution in [0.15, 0.2) is 71.2 Å². The molecule has 0 bridgehead atoms. The molecule has 0 saturated carbocycles. The number of carbonyl (C=O) groups is 2. The molecule has 1 N–H and O–H groups in total. The van der Waals surface area contributed by atoms with E-state index >= 15 is 0 Å². The predicted octanol–water partition coefficient (Wildman–Crippen LogP) is 5.57. The van der Waals surface area contributed by atoms with Crippen LogP contribution in [0.4, 0.5) is 11.4 Å². The number of nitro groups is 1. The standard InChI is InChI=1S/C28H24BrN3O4/c1-16-7-9-17(10-8-16)26(33)25-24(18-4-2-5-20(14-18)32(35)36)23-6-3-13-31(23)28(25)21-15-19(29)11-12-22(21)30-27(28)34/h2,4-5,7-12,14-15,23-25H,3,6,13H2,1H3,(H,30,34)/t23?,24?,25?,28-/m1/s1. The first-order valence-corrected chi connectivity index (χ1v) is 12.8. The number of nitrogens with one attached hydrogen (secondary N) is 1. The summed E-state index contributed by atoms with van der Waals surface area (Å²) >= 11 is 3.57. The molecule has 1 amide bonds. The van der Waals surface area contributed by atoms with Gasteiger partial charge >= 0.3 is 0 Å². The quantitative estimate of drug-likeness (QED) is 0.262. The molecule has 6 rings (SSSR count). The van der Waals surface area contributed by atoms with Crippen LogP contribution < -0.4 is 5.32 Å². The highest BCUT2D eigenvalue weighted by Crippen LogP contribution is 2.61. The van der Waals surface area contributed by atoms with Crippen molar-refractivity contribution in [3.05, 3.63) is 104 Å². The average Bonchev–Trinajstić information content (AvgIpc) is 3.52. The van der Waals surface area contributed by atoms with Gasteiger partial charge in [-0.15, -0.1) is 0 Å². The normalized spacial score (nSPS) is 26.6. The van der Waals surface area contributed by atoms with Gasteiger partial charge in [-0.25, -0.2) is 0 Å². The molecule has 0 aliphatic carbocycles. The minimum absolute atomic E-state index is 0.0152. The predicted molar refractivity (Wildman–Crippen MR) is 139 cm³/mol. The van der Waals surface area contributed by atoms with Crippen molar-refractivity contribution in [3.63, 3.8) is 0 Å². The fourth-order valence-corrected chi connectivity index (χ4v) is 7.01. The number of Topliss-reactive ketones (excluding diaryl/α,β-unsaturated/α-hetero) is 1. The molecule has 0 aromatic heterocycles. The molecule has 3 unspecified atom stereocenters. The lowest BCUT2D eigenvalue weighted by molar-refractivity contribution is -0.384. The Kier molecular flexibility index (Phi) is 5.35. The molecule has 3 aliphatic rings. The molecule has 2 saturated heterocycles. The number of rotatable bonds is 4. The SMILES string of the molecule is Cc1ccc(C(=O)C2C(c3cccc([N+](=O)[O-])c3)C3CCCN3[C@@]23C(=O)Nc2ccc(Br)cc23)cc1. The van der Waals surface area contributed by atoms with Gasteiger partial charge in [0.25, 0.3) is 5.69 Å². The van der Waals surface area contributed by atoms with Crippen LogP contribution in [0.25, 0.3) is 0 Å². The van der Waals surface area contributed by atoms with Crippen LogP contribution in [0.3, 0.4) is 0 Å². The molecule has 3 aromatic carbocycles. The lowest BCUT2D eigenvalue weighted by Crippen LogP contribution is -2.52. The number of nitrogens with zero attached hydrogens (tertiary/aromatic N) is 2. The Balaban J connectivity index is 1.62. The summed E-state index contributed by atoms with van der Waals surface area (Å²) in [5, 5.41) is 14.7. The molecule has 4 atom stereocenters. The molecule has 1 spiro atoms. The van der Waals surface area contributed by atoms with E-state index in [2.05, 4.69) is 26.1 Å². The van der Waals surface area contributed by atoms with Gasteiger partial charge in [0.2, 0.25) is 5.91 Å². The molecular weight excluding hydrogens is 522 g/mol. The first-order chi connectivity index (χ1) is 17.3. The van der Waals surface area contributed by atoms with Crippen molar-refractivity contribution >= 4 is 39.0 Å². The van der Waals surface area contributed by atoms with Crippen LogP contribution in [0.1, 0.15) is 45.8 Å². The van der Waals surface area contributed by atoms with E-state index < -0.39 is 16.4 Å². The maximum absolute atomic E-state index is 14.4. The van der Waals surface area contributed by atoms with E-state index in [9.17, 15) is 19.7 Å². The van der Waals surface area contributed by atoms with Crippen molar-refractivity contribution in [3.8, 4) is 0 Å². The maximum Gasteiger partial charge on any atom is 0.269 e. The van der Waals surface area contributed by atoms with Gasteiger partial charge in [-0.05, 0) is 50.1 Å². The number of halogens is 1. The van der Waals surface area contributed by atoms with Crippen molar-refractivity contribution in [1.29, 1.82) is 0 Å². The maximum atomic E-state index is 14.4. The van der Waals surface area contributed by atoms with Gasteiger partial charge < -0.3 is 5.32 Å². The third-order valence-electron chi connectivity index (χ3n) is 8.05. The second-order valence-electron chi connectivity index (χ2n) is 9.90. The first kappa shape index (κ1) is 23.1. The summed E-state index contributed by atoms with van der Waals surface area (Å²) in [5.41, 5.74) is 2.58. The fraction of sp³-hybridized carbons (Fsp3) is 0.286. The van der Waals surface area contributed by atoms with Crippen LogP contribution in [-0.2, 0) is 10.3 Å². The van der Waals surface area contributed by atoms with Crippen molar-refractivity contribution in [2.45, 2.75) is 37.3 Å². The topological polar surface area (TPSA) is 92.5 Å². The highest BCUT2D eigenvalue weighted by Gasteiger charge is 2.69. The van der Waals surface area contributed by atoms with Gasteiger partial charge in [-0.3, -0.25) is 24.6 Å². The summed E-state index contributed by atoms with van der Waals surface area (Å²) in [5.74, 6) is -1.45. The molecule has 2 fully saturated rings. The minimum atomic E-state index is -1.20. The lowest BCUT2D eigenvalue weighted by Gasteiger charge is -2.37. The molecule has 3 aromatic rings. The molecule has 8 heteroatoms. The Morgan fingerprint density at radius 3 is 2.67 bits per heavy atom. The Morgan fingerprint density at radius 1 is 1.14 bits per heavy atom. The van der Waals surface area contributed by atoms with Crippen LogP contribution in [-0.4, -0.2) is 34.1 Å². The van der Waals surface area contributed by atoms with Crippen LogP contribution in [0.5, 0.6) is 0 Å². The number of aryl methyl sites for hydroxylation is 1. The monoisotopic (exact) mass is 545 g/mol. The van der Waals surface area contributed by atoms with E-state index in [0.717, 1.165) is 34.0 Å². The van der Waals surface area contributed by atoms with Gasteiger partial charge in [0.05, 0.1) is 10.8 Å². The highest BCUT2D eigenvalue weighted by atomic mass is 79.9. The first-order valence-electron chi connectivity index (χ1n) is 12.1. The summed E-state index contributed by atoms with van der Waals surface area (Å²) in [6.45, 7) is 2.64. The molecule has 182 valence electrons. The second-order valence-corrected chi connectivity index (χ2v) is 10.8. The number of non-ortho nitro benzene ring substituents is 1. The molecule has 7 nitrogen and oxygen atoms in total. The zero-order valence-corrected chi connectivity index (χ0v) is 21.2. The molecule has 36 heavy (non-hydrogen) atoms. The lowest BCUT2D eigenvalue weighted by atomic mass is 9.68. The fourth-order valence-electron chi connectivity index (χ4n) is 6.65. The summed E-state index contributed by atoms with van der Waals surface area (Å²) in [7, 11) is 0. The molecule has 0 radical (unpaired) electrons.